The molecule has 3 heteroatoms. The highest BCUT2D eigenvalue weighted by Gasteiger charge is 2.09. The molecule has 0 aromatic rings. The smallest absolute Gasteiger partial charge is 0.302 e. The molecule has 0 spiro atoms. The van der Waals surface area contributed by atoms with Gasteiger partial charge in [-0.15, -0.1) is 0 Å². The fraction of sp³-hybridized carbons (Fsp3) is 0.636. The molecular weight excluding hydrogens is 180 g/mol. The van der Waals surface area contributed by atoms with Crippen LogP contribution in [0.4, 0.5) is 0 Å². The van der Waals surface area contributed by atoms with E-state index in [1.165, 1.54) is 6.92 Å². The summed E-state index contributed by atoms with van der Waals surface area (Å²) in [6, 6.07) is 0. The number of allylic oxidation sites excluding steroid dienone is 1. The summed E-state index contributed by atoms with van der Waals surface area (Å²) in [5.74, 6) is -0.0384. The number of hydrogen-bond acceptors (Lipinski definition) is 3. The van der Waals surface area contributed by atoms with Gasteiger partial charge in [-0.3, -0.25) is 9.59 Å². The molecule has 0 bridgehead atoms. The summed E-state index contributed by atoms with van der Waals surface area (Å²) in [5, 5.41) is 0. The monoisotopic (exact) mass is 196 g/mol. The van der Waals surface area contributed by atoms with Gasteiger partial charge >= 0.3 is 5.97 Å². The van der Waals surface area contributed by atoms with Gasteiger partial charge in [0.25, 0.3) is 0 Å². The van der Waals surface area contributed by atoms with Crippen molar-refractivity contribution in [3.8, 4) is 0 Å². The zero-order valence-electron chi connectivity index (χ0n) is 8.54. The second kappa shape index (κ2) is 5.58. The lowest BCUT2D eigenvalue weighted by atomic mass is 9.99. The SMILES string of the molecule is CC(=O)OCC1=CCCCCC(=O)C1. The van der Waals surface area contributed by atoms with Gasteiger partial charge < -0.3 is 4.74 Å². The number of ether oxygens (including phenoxy) is 1. The fourth-order valence-corrected chi connectivity index (χ4v) is 1.49. The summed E-state index contributed by atoms with van der Waals surface area (Å²) in [4.78, 5) is 21.9. The van der Waals surface area contributed by atoms with Gasteiger partial charge in [-0.2, -0.15) is 0 Å². The maximum absolute atomic E-state index is 11.3. The van der Waals surface area contributed by atoms with Crippen molar-refractivity contribution in [1.29, 1.82) is 0 Å². The molecule has 3 nitrogen and oxygen atoms in total. The van der Waals surface area contributed by atoms with E-state index in [-0.39, 0.29) is 18.4 Å². The summed E-state index contributed by atoms with van der Waals surface area (Å²) < 4.78 is 4.87. The van der Waals surface area contributed by atoms with Gasteiger partial charge in [-0.05, 0) is 24.8 Å². The molecule has 0 aromatic carbocycles. The van der Waals surface area contributed by atoms with Crippen LogP contribution in [0, 0.1) is 0 Å². The number of esters is 1. The van der Waals surface area contributed by atoms with Crippen LogP contribution in [-0.2, 0) is 14.3 Å². The first-order valence-electron chi connectivity index (χ1n) is 5.01. The van der Waals surface area contributed by atoms with Gasteiger partial charge in [0.15, 0.2) is 0 Å². The van der Waals surface area contributed by atoms with Gasteiger partial charge in [0.05, 0.1) is 0 Å². The number of Topliss-reactive ketones (excluding diaryl/α,β-unsaturated/α-hetero) is 1. The van der Waals surface area contributed by atoms with Crippen molar-refractivity contribution < 1.29 is 14.3 Å². The summed E-state index contributed by atoms with van der Waals surface area (Å²) in [6.45, 7) is 1.66. The molecule has 78 valence electrons. The Kier molecular flexibility index (Phi) is 4.36. The van der Waals surface area contributed by atoms with Crippen LogP contribution in [0.25, 0.3) is 0 Å². The lowest BCUT2D eigenvalue weighted by Gasteiger charge is -2.10. The number of rotatable bonds is 2. The van der Waals surface area contributed by atoms with E-state index in [1.54, 1.807) is 0 Å². The standard InChI is InChI=1S/C11H16O3/c1-9(12)14-8-10-5-3-2-4-6-11(13)7-10/h5H,2-4,6-8H2,1H3. The fourth-order valence-electron chi connectivity index (χ4n) is 1.49. The minimum Gasteiger partial charge on any atom is -0.461 e. The first kappa shape index (κ1) is 11.0. The first-order chi connectivity index (χ1) is 6.68. The van der Waals surface area contributed by atoms with E-state index in [2.05, 4.69) is 0 Å². The maximum Gasteiger partial charge on any atom is 0.302 e. The van der Waals surface area contributed by atoms with Crippen LogP contribution in [0.2, 0.25) is 0 Å². The largest absolute Gasteiger partial charge is 0.461 e. The van der Waals surface area contributed by atoms with E-state index in [0.29, 0.717) is 12.8 Å². The molecule has 0 aromatic heterocycles. The van der Waals surface area contributed by atoms with E-state index < -0.39 is 0 Å². The summed E-state index contributed by atoms with van der Waals surface area (Å²) in [6.07, 6.45) is 6.17. The summed E-state index contributed by atoms with van der Waals surface area (Å²) in [7, 11) is 0. The summed E-state index contributed by atoms with van der Waals surface area (Å²) in [5.41, 5.74) is 0.949. The van der Waals surface area contributed by atoms with E-state index in [4.69, 9.17) is 4.74 Å². The number of carbonyl (C=O) groups excluding carboxylic acids is 2. The Hall–Kier alpha value is -1.12. The highest BCUT2D eigenvalue weighted by atomic mass is 16.5. The van der Waals surface area contributed by atoms with Crippen molar-refractivity contribution in [2.75, 3.05) is 6.61 Å². The average Bonchev–Trinajstić information content (AvgIpc) is 2.08. The third-order valence-corrected chi connectivity index (χ3v) is 2.23. The van der Waals surface area contributed by atoms with Crippen LogP contribution in [-0.4, -0.2) is 18.4 Å². The molecule has 14 heavy (non-hydrogen) atoms. The molecule has 0 unspecified atom stereocenters. The molecule has 0 heterocycles. The van der Waals surface area contributed by atoms with Gasteiger partial charge in [0, 0.05) is 19.8 Å². The van der Waals surface area contributed by atoms with Gasteiger partial charge in [-0.1, -0.05) is 6.08 Å². The molecule has 0 aliphatic heterocycles. The van der Waals surface area contributed by atoms with E-state index in [0.717, 1.165) is 24.8 Å². The third kappa shape index (κ3) is 4.21. The Balaban J connectivity index is 2.46. The second-order valence-electron chi connectivity index (χ2n) is 3.60. The molecule has 0 saturated carbocycles. The minimum atomic E-state index is -0.291. The maximum atomic E-state index is 11.3. The quantitative estimate of drug-likeness (QED) is 0.501. The zero-order valence-corrected chi connectivity index (χ0v) is 8.54. The normalized spacial score (nSPS) is 18.1. The lowest BCUT2D eigenvalue weighted by molar-refractivity contribution is -0.140. The highest BCUT2D eigenvalue weighted by molar-refractivity contribution is 5.81. The molecule has 0 atom stereocenters. The van der Waals surface area contributed by atoms with E-state index in [9.17, 15) is 9.59 Å². The molecule has 1 aliphatic carbocycles. The van der Waals surface area contributed by atoms with Crippen molar-refractivity contribution in [2.24, 2.45) is 0 Å². The Morgan fingerprint density at radius 3 is 3.00 bits per heavy atom. The molecule has 0 fully saturated rings. The van der Waals surface area contributed by atoms with Crippen LogP contribution in [0.15, 0.2) is 11.6 Å². The van der Waals surface area contributed by atoms with Crippen molar-refractivity contribution in [3.63, 3.8) is 0 Å². The number of hydrogen-bond donors (Lipinski definition) is 0. The van der Waals surface area contributed by atoms with E-state index >= 15 is 0 Å². The Morgan fingerprint density at radius 2 is 2.29 bits per heavy atom. The molecule has 0 radical (unpaired) electrons. The van der Waals surface area contributed by atoms with E-state index in [1.807, 2.05) is 6.08 Å². The van der Waals surface area contributed by atoms with Crippen molar-refractivity contribution >= 4 is 11.8 Å². The molecule has 0 amide bonds. The Bertz CT molecular complexity index is 253. The lowest BCUT2D eigenvalue weighted by Crippen LogP contribution is -2.09. The van der Waals surface area contributed by atoms with Crippen LogP contribution in [0.3, 0.4) is 0 Å². The van der Waals surface area contributed by atoms with Crippen molar-refractivity contribution in [3.05, 3.63) is 11.6 Å². The van der Waals surface area contributed by atoms with Crippen molar-refractivity contribution in [1.82, 2.24) is 0 Å². The molecule has 1 rings (SSSR count). The highest BCUT2D eigenvalue weighted by Crippen LogP contribution is 2.14. The van der Waals surface area contributed by atoms with Gasteiger partial charge in [-0.25, -0.2) is 0 Å². The molecule has 1 aliphatic rings. The number of ketones is 1. The first-order valence-corrected chi connectivity index (χ1v) is 5.01. The minimum absolute atomic E-state index is 0.253. The van der Waals surface area contributed by atoms with Gasteiger partial charge in [0.2, 0.25) is 0 Å². The van der Waals surface area contributed by atoms with Crippen molar-refractivity contribution in [2.45, 2.75) is 39.0 Å². The average molecular weight is 196 g/mol. The predicted molar refractivity (Wildman–Crippen MR) is 52.8 cm³/mol. The Labute approximate surface area is 84.1 Å². The second-order valence-corrected chi connectivity index (χ2v) is 3.60. The van der Waals surface area contributed by atoms with Crippen LogP contribution in [0.1, 0.15) is 39.0 Å². The van der Waals surface area contributed by atoms with Crippen LogP contribution in [0.5, 0.6) is 0 Å². The molecular formula is C11H16O3. The Morgan fingerprint density at radius 1 is 1.50 bits per heavy atom. The van der Waals surface area contributed by atoms with Crippen LogP contribution < -0.4 is 0 Å². The third-order valence-electron chi connectivity index (χ3n) is 2.23. The van der Waals surface area contributed by atoms with Gasteiger partial charge in [0.1, 0.15) is 12.4 Å². The summed E-state index contributed by atoms with van der Waals surface area (Å²) >= 11 is 0. The topological polar surface area (TPSA) is 43.4 Å². The zero-order chi connectivity index (χ0) is 10.4. The van der Waals surface area contributed by atoms with Crippen LogP contribution >= 0.6 is 0 Å². The number of carbonyl (C=O) groups is 2. The molecule has 0 saturated heterocycles. The molecule has 0 N–H and O–H groups in total. The predicted octanol–water partition coefficient (Wildman–Crippen LogP) is 2.01.